The first-order chi connectivity index (χ1) is 9.33. The maximum Gasteiger partial charge on any atom is 0.377 e. The fraction of sp³-hybridized carbons (Fsp3) is 0.500. The van der Waals surface area contributed by atoms with E-state index in [9.17, 15) is 14.7 Å². The standard InChI is InChI=1S/C16H22O4/c1-5-9(3)12-7-11(14(17)16(19)20)8-13(15(12)18)10(4)6-2/h7-10,18H,5-6H2,1-4H3,(H,19,20)/p-1. The van der Waals surface area contributed by atoms with E-state index in [1.54, 1.807) is 0 Å². The molecule has 0 spiro atoms. The predicted octanol–water partition coefficient (Wildman–Crippen LogP) is 3.05. The molecule has 0 aliphatic heterocycles. The lowest BCUT2D eigenvalue weighted by molar-refractivity contribution is -0.271. The molecule has 1 N–H and O–H groups in total. The van der Waals surface area contributed by atoms with E-state index in [-0.39, 0.29) is 23.1 Å². The Hall–Kier alpha value is -1.84. The summed E-state index contributed by atoms with van der Waals surface area (Å²) in [5.41, 5.74) is 1.17. The molecule has 0 aromatic heterocycles. The molecule has 2 atom stereocenters. The number of hydrogen-bond acceptors (Lipinski definition) is 3. The van der Waals surface area contributed by atoms with Gasteiger partial charge in [-0.2, -0.15) is 0 Å². The van der Waals surface area contributed by atoms with Gasteiger partial charge < -0.3 is 10.2 Å². The molecule has 0 fully saturated rings. The van der Waals surface area contributed by atoms with Crippen LogP contribution in [0, 0.1) is 0 Å². The fourth-order valence-corrected chi connectivity index (χ4v) is 2.10. The summed E-state index contributed by atoms with van der Waals surface area (Å²) in [7, 11) is 0. The second-order valence-electron chi connectivity index (χ2n) is 5.24. The van der Waals surface area contributed by atoms with Gasteiger partial charge in [0.15, 0.2) is 0 Å². The lowest BCUT2D eigenvalue weighted by atomic mass is 9.87. The van der Waals surface area contributed by atoms with E-state index in [0.717, 1.165) is 12.8 Å². The molecule has 4 nitrogen and oxygen atoms in total. The Morgan fingerprint density at radius 3 is 1.80 bits per heavy atom. The minimum absolute atomic E-state index is 0.00634. The van der Waals surface area contributed by atoms with Gasteiger partial charge in [0.2, 0.25) is 0 Å². The fourth-order valence-electron chi connectivity index (χ4n) is 2.10. The normalized spacial score (nSPS) is 13.8. The van der Waals surface area contributed by atoms with Crippen molar-refractivity contribution in [2.24, 2.45) is 0 Å². The molecule has 110 valence electrons. The number of hydrogen-bond donors (Lipinski definition) is 1. The van der Waals surface area contributed by atoms with E-state index in [0.29, 0.717) is 11.1 Å². The maximum atomic E-state index is 12.5. The van der Waals surface area contributed by atoms with Gasteiger partial charge in [-0.15, -0.1) is 5.75 Å². The molecular weight excluding hydrogens is 256 g/mol. The van der Waals surface area contributed by atoms with Crippen LogP contribution in [0.5, 0.6) is 5.75 Å². The molecule has 0 heterocycles. The number of rotatable bonds is 6. The van der Waals surface area contributed by atoms with Gasteiger partial charge in [0.05, 0.1) is 0 Å². The van der Waals surface area contributed by atoms with Gasteiger partial charge in [0, 0.05) is 5.56 Å². The van der Waals surface area contributed by atoms with Crippen molar-refractivity contribution in [2.75, 3.05) is 0 Å². The van der Waals surface area contributed by atoms with Crippen molar-refractivity contribution < 1.29 is 19.8 Å². The van der Waals surface area contributed by atoms with Crippen LogP contribution in [0.2, 0.25) is 0 Å². The number of Topliss-reactive ketones (excluding diaryl/α,β-unsaturated/α-hetero) is 1. The van der Waals surface area contributed by atoms with E-state index >= 15 is 0 Å². The number of carboxylic acids is 1. The Morgan fingerprint density at radius 1 is 1.10 bits per heavy atom. The van der Waals surface area contributed by atoms with E-state index in [1.807, 2.05) is 27.7 Å². The van der Waals surface area contributed by atoms with Crippen LogP contribution >= 0.6 is 0 Å². The van der Waals surface area contributed by atoms with Crippen LogP contribution in [0.25, 0.3) is 0 Å². The Balaban J connectivity index is 3.49. The van der Waals surface area contributed by atoms with Gasteiger partial charge in [-0.1, -0.05) is 38.8 Å². The first-order valence-corrected chi connectivity index (χ1v) is 6.95. The van der Waals surface area contributed by atoms with Crippen molar-refractivity contribution in [3.63, 3.8) is 0 Å². The lowest BCUT2D eigenvalue weighted by Crippen LogP contribution is -2.16. The summed E-state index contributed by atoms with van der Waals surface area (Å²) >= 11 is 0. The molecule has 20 heavy (non-hydrogen) atoms. The Kier molecular flexibility index (Phi) is 5.31. The lowest BCUT2D eigenvalue weighted by Gasteiger charge is -2.26. The number of benzene rings is 1. The summed E-state index contributed by atoms with van der Waals surface area (Å²) in [5, 5.41) is 21.3. The highest BCUT2D eigenvalue weighted by Gasteiger charge is 2.19. The summed E-state index contributed by atoms with van der Waals surface area (Å²) in [6, 6.07) is 2.89. The largest absolute Gasteiger partial charge is 0.872 e. The summed E-state index contributed by atoms with van der Waals surface area (Å²) < 4.78 is 0. The van der Waals surface area contributed by atoms with Gasteiger partial charge in [0.25, 0.3) is 5.78 Å². The smallest absolute Gasteiger partial charge is 0.377 e. The molecule has 1 rings (SSSR count). The topological polar surface area (TPSA) is 77.4 Å². The third-order valence-electron chi connectivity index (χ3n) is 3.89. The number of carboxylic acid groups (broad SMARTS) is 1. The molecule has 0 radical (unpaired) electrons. The summed E-state index contributed by atoms with van der Waals surface area (Å²) in [6.07, 6.45) is 1.53. The second kappa shape index (κ2) is 6.55. The molecule has 0 amide bonds. The van der Waals surface area contributed by atoms with Crippen LogP contribution in [-0.4, -0.2) is 16.9 Å². The highest BCUT2D eigenvalue weighted by molar-refractivity contribution is 6.39. The van der Waals surface area contributed by atoms with Crippen LogP contribution in [0.4, 0.5) is 0 Å². The van der Waals surface area contributed by atoms with E-state index < -0.39 is 11.8 Å². The van der Waals surface area contributed by atoms with Gasteiger partial charge in [-0.25, -0.2) is 4.79 Å². The molecule has 0 saturated carbocycles. The molecule has 0 aliphatic carbocycles. The predicted molar refractivity (Wildman–Crippen MR) is 75.3 cm³/mol. The van der Waals surface area contributed by atoms with Crippen molar-refractivity contribution in [1.82, 2.24) is 0 Å². The molecule has 0 saturated heterocycles. The number of ketones is 1. The average molecular weight is 277 g/mol. The second-order valence-corrected chi connectivity index (χ2v) is 5.24. The van der Waals surface area contributed by atoms with Crippen molar-refractivity contribution >= 4 is 11.8 Å². The van der Waals surface area contributed by atoms with Gasteiger partial charge in [-0.05, 0) is 36.8 Å². The SMILES string of the molecule is CCC(C)c1cc(C(=O)C(=O)O)cc(C(C)CC)c1[O-]. The van der Waals surface area contributed by atoms with Gasteiger partial charge >= 0.3 is 5.97 Å². The first kappa shape index (κ1) is 16.2. The van der Waals surface area contributed by atoms with Crippen molar-refractivity contribution in [3.05, 3.63) is 28.8 Å². The third kappa shape index (κ3) is 3.18. The molecule has 1 aromatic carbocycles. The van der Waals surface area contributed by atoms with Gasteiger partial charge in [0.1, 0.15) is 0 Å². The van der Waals surface area contributed by atoms with Crippen molar-refractivity contribution in [2.45, 2.75) is 52.4 Å². The third-order valence-corrected chi connectivity index (χ3v) is 3.89. The number of carbonyl (C=O) groups is 2. The first-order valence-electron chi connectivity index (χ1n) is 6.95. The Bertz CT molecular complexity index is 488. The molecule has 0 aliphatic rings. The van der Waals surface area contributed by atoms with Crippen molar-refractivity contribution in [3.8, 4) is 5.75 Å². The van der Waals surface area contributed by atoms with Crippen LogP contribution in [0.1, 0.15) is 73.9 Å². The summed E-state index contributed by atoms with van der Waals surface area (Å²) in [4.78, 5) is 22.5. The summed E-state index contributed by atoms with van der Waals surface area (Å²) in [5.74, 6) is -2.50. The zero-order valence-electron chi connectivity index (χ0n) is 12.4. The highest BCUT2D eigenvalue weighted by Crippen LogP contribution is 2.35. The monoisotopic (exact) mass is 277 g/mol. The van der Waals surface area contributed by atoms with Gasteiger partial charge in [-0.3, -0.25) is 4.79 Å². The number of carbonyl (C=O) groups excluding carboxylic acids is 1. The van der Waals surface area contributed by atoms with E-state index in [2.05, 4.69) is 0 Å². The van der Waals surface area contributed by atoms with E-state index in [1.165, 1.54) is 12.1 Å². The molecule has 1 aromatic rings. The average Bonchev–Trinajstić information content (AvgIpc) is 2.44. The summed E-state index contributed by atoms with van der Waals surface area (Å²) in [6.45, 7) is 7.73. The number of aliphatic carboxylic acids is 1. The minimum atomic E-state index is -1.49. The van der Waals surface area contributed by atoms with Crippen LogP contribution in [-0.2, 0) is 4.79 Å². The molecule has 2 unspecified atom stereocenters. The maximum absolute atomic E-state index is 12.5. The Morgan fingerprint density at radius 2 is 1.50 bits per heavy atom. The Labute approximate surface area is 119 Å². The highest BCUT2D eigenvalue weighted by atomic mass is 16.4. The quantitative estimate of drug-likeness (QED) is 0.640. The molecular formula is C16H21O4-. The van der Waals surface area contributed by atoms with Crippen molar-refractivity contribution in [1.29, 1.82) is 0 Å². The van der Waals surface area contributed by atoms with Crippen LogP contribution < -0.4 is 5.11 Å². The molecule has 0 bridgehead atoms. The molecule has 4 heteroatoms. The zero-order chi connectivity index (χ0) is 15.4. The van der Waals surface area contributed by atoms with Crippen LogP contribution in [0.3, 0.4) is 0 Å². The zero-order valence-corrected chi connectivity index (χ0v) is 12.4. The minimum Gasteiger partial charge on any atom is -0.872 e. The van der Waals surface area contributed by atoms with Crippen LogP contribution in [0.15, 0.2) is 12.1 Å². The van der Waals surface area contributed by atoms with E-state index in [4.69, 9.17) is 5.11 Å².